The molecule has 1 N–H and O–H groups in total. The molecule has 0 bridgehead atoms. The molecule has 1 aliphatic heterocycles. The number of likely N-dealkylation sites (tertiary alicyclic amines) is 1. The van der Waals surface area contributed by atoms with Gasteiger partial charge < -0.3 is 10.0 Å². The Kier molecular flexibility index (Phi) is 4.62. The molecular weight excluding hydrogens is 378 g/mol. The predicted molar refractivity (Wildman–Crippen MR) is 78.1 cm³/mol. The number of hydrogen-bond donors (Lipinski definition) is 1. The molecule has 0 saturated carbocycles. The number of carbonyl (C=O) groups excluding carboxylic acids is 1. The summed E-state index contributed by atoms with van der Waals surface area (Å²) in [6.07, 6.45) is 1.37. The fourth-order valence-electron chi connectivity index (χ4n) is 2.20. The highest BCUT2D eigenvalue weighted by Gasteiger charge is 2.29. The van der Waals surface area contributed by atoms with E-state index in [1.165, 1.54) is 0 Å². The number of amides is 1. The van der Waals surface area contributed by atoms with Crippen LogP contribution >= 0.6 is 31.9 Å². The number of carbonyl (C=O) groups is 2. The number of carboxylic acid groups (broad SMARTS) is 1. The van der Waals surface area contributed by atoms with E-state index in [0.717, 1.165) is 10.9 Å². The van der Waals surface area contributed by atoms with Gasteiger partial charge in [0.15, 0.2) is 0 Å². The average molecular weight is 391 g/mol. The van der Waals surface area contributed by atoms with Crippen molar-refractivity contribution in [3.8, 4) is 0 Å². The van der Waals surface area contributed by atoms with Gasteiger partial charge in [-0.25, -0.2) is 0 Å². The molecule has 6 heteroatoms. The second-order valence-electron chi connectivity index (χ2n) is 4.55. The first-order valence-corrected chi connectivity index (χ1v) is 7.55. The van der Waals surface area contributed by atoms with Crippen molar-refractivity contribution in [3.63, 3.8) is 0 Å². The standard InChI is InChI=1S/C13H13Br2NO3/c14-9-3-4-10(11(15)6-9)12(17)16-5-1-2-8(7-16)13(18)19/h3-4,6,8H,1-2,5,7H2,(H,18,19)/t8-/m1/s1. The highest BCUT2D eigenvalue weighted by molar-refractivity contribution is 9.11. The first kappa shape index (κ1) is 14.5. The van der Waals surface area contributed by atoms with Gasteiger partial charge in [-0.3, -0.25) is 9.59 Å². The zero-order valence-corrected chi connectivity index (χ0v) is 13.3. The van der Waals surface area contributed by atoms with E-state index in [4.69, 9.17) is 5.11 Å². The lowest BCUT2D eigenvalue weighted by atomic mass is 9.97. The Hall–Kier alpha value is -0.880. The van der Waals surface area contributed by atoms with Gasteiger partial charge in [-0.05, 0) is 47.0 Å². The lowest BCUT2D eigenvalue weighted by Gasteiger charge is -2.31. The molecule has 1 amide bonds. The number of aliphatic carboxylic acids is 1. The molecule has 0 aromatic heterocycles. The van der Waals surface area contributed by atoms with Crippen LogP contribution in [0.4, 0.5) is 0 Å². The monoisotopic (exact) mass is 389 g/mol. The van der Waals surface area contributed by atoms with E-state index in [1.54, 1.807) is 17.0 Å². The van der Waals surface area contributed by atoms with Gasteiger partial charge in [-0.1, -0.05) is 15.9 Å². The Morgan fingerprint density at radius 3 is 2.68 bits per heavy atom. The maximum absolute atomic E-state index is 12.4. The highest BCUT2D eigenvalue weighted by atomic mass is 79.9. The van der Waals surface area contributed by atoms with Crippen LogP contribution in [0.2, 0.25) is 0 Å². The van der Waals surface area contributed by atoms with Crippen molar-refractivity contribution in [2.24, 2.45) is 5.92 Å². The van der Waals surface area contributed by atoms with Crippen LogP contribution in [0.5, 0.6) is 0 Å². The molecule has 2 rings (SSSR count). The normalized spacial score (nSPS) is 19.3. The van der Waals surface area contributed by atoms with Gasteiger partial charge in [0.2, 0.25) is 0 Å². The maximum atomic E-state index is 12.4. The second kappa shape index (κ2) is 6.05. The third-order valence-electron chi connectivity index (χ3n) is 3.22. The molecule has 1 aromatic carbocycles. The summed E-state index contributed by atoms with van der Waals surface area (Å²) >= 11 is 6.70. The molecule has 4 nitrogen and oxygen atoms in total. The van der Waals surface area contributed by atoms with E-state index in [1.807, 2.05) is 6.07 Å². The molecule has 1 aliphatic rings. The van der Waals surface area contributed by atoms with E-state index in [9.17, 15) is 9.59 Å². The van der Waals surface area contributed by atoms with Crippen LogP contribution in [0.15, 0.2) is 27.1 Å². The van der Waals surface area contributed by atoms with Gasteiger partial charge in [-0.15, -0.1) is 0 Å². The van der Waals surface area contributed by atoms with E-state index >= 15 is 0 Å². The van der Waals surface area contributed by atoms with E-state index < -0.39 is 11.9 Å². The van der Waals surface area contributed by atoms with Gasteiger partial charge in [-0.2, -0.15) is 0 Å². The van der Waals surface area contributed by atoms with Gasteiger partial charge in [0.25, 0.3) is 5.91 Å². The summed E-state index contributed by atoms with van der Waals surface area (Å²) in [5, 5.41) is 9.05. The number of nitrogens with zero attached hydrogens (tertiary/aromatic N) is 1. The number of rotatable bonds is 2. The van der Waals surface area contributed by atoms with Crippen molar-refractivity contribution in [1.82, 2.24) is 4.90 Å². The second-order valence-corrected chi connectivity index (χ2v) is 6.32. The molecule has 1 atom stereocenters. The van der Waals surface area contributed by atoms with Crippen molar-refractivity contribution < 1.29 is 14.7 Å². The van der Waals surface area contributed by atoms with Crippen molar-refractivity contribution in [1.29, 1.82) is 0 Å². The lowest BCUT2D eigenvalue weighted by molar-refractivity contribution is -0.143. The Bertz CT molecular complexity index is 519. The Morgan fingerprint density at radius 2 is 2.05 bits per heavy atom. The van der Waals surface area contributed by atoms with Crippen LogP contribution in [-0.2, 0) is 4.79 Å². The Labute approximate surface area is 128 Å². The number of benzene rings is 1. The molecule has 1 heterocycles. The van der Waals surface area contributed by atoms with Crippen LogP contribution in [0, 0.1) is 5.92 Å². The largest absolute Gasteiger partial charge is 0.481 e. The maximum Gasteiger partial charge on any atom is 0.308 e. The molecule has 0 spiro atoms. The minimum absolute atomic E-state index is 0.120. The quantitative estimate of drug-likeness (QED) is 0.843. The van der Waals surface area contributed by atoms with Crippen LogP contribution in [-0.4, -0.2) is 35.0 Å². The summed E-state index contributed by atoms with van der Waals surface area (Å²) in [5.41, 5.74) is 0.564. The average Bonchev–Trinajstić information content (AvgIpc) is 2.38. The minimum Gasteiger partial charge on any atom is -0.481 e. The first-order valence-electron chi connectivity index (χ1n) is 5.96. The summed E-state index contributed by atoms with van der Waals surface area (Å²) in [6, 6.07) is 5.35. The van der Waals surface area contributed by atoms with Gasteiger partial charge in [0.1, 0.15) is 0 Å². The summed E-state index contributed by atoms with van der Waals surface area (Å²) in [4.78, 5) is 25.0. The Morgan fingerprint density at radius 1 is 1.32 bits per heavy atom. The van der Waals surface area contributed by atoms with E-state index in [0.29, 0.717) is 23.0 Å². The molecule has 0 unspecified atom stereocenters. The highest BCUT2D eigenvalue weighted by Crippen LogP contribution is 2.25. The summed E-state index contributed by atoms with van der Waals surface area (Å²) < 4.78 is 1.60. The van der Waals surface area contributed by atoms with Gasteiger partial charge in [0, 0.05) is 22.0 Å². The number of carboxylic acids is 1. The lowest BCUT2D eigenvalue weighted by Crippen LogP contribution is -2.42. The fraction of sp³-hybridized carbons (Fsp3) is 0.385. The first-order chi connectivity index (χ1) is 8.99. The number of piperidine rings is 1. The van der Waals surface area contributed by atoms with Crippen LogP contribution < -0.4 is 0 Å². The van der Waals surface area contributed by atoms with Crippen LogP contribution in [0.25, 0.3) is 0 Å². The van der Waals surface area contributed by atoms with Crippen molar-refractivity contribution in [2.45, 2.75) is 12.8 Å². The molecule has 19 heavy (non-hydrogen) atoms. The third-order valence-corrected chi connectivity index (χ3v) is 4.37. The predicted octanol–water partition coefficient (Wildman–Crippen LogP) is 3.15. The number of hydrogen-bond acceptors (Lipinski definition) is 2. The van der Waals surface area contributed by atoms with Crippen LogP contribution in [0.1, 0.15) is 23.2 Å². The molecule has 1 aromatic rings. The summed E-state index contributed by atoms with van der Waals surface area (Å²) in [5.74, 6) is -1.40. The molecule has 0 radical (unpaired) electrons. The van der Waals surface area contributed by atoms with Crippen molar-refractivity contribution in [3.05, 3.63) is 32.7 Å². The molecule has 1 fully saturated rings. The van der Waals surface area contributed by atoms with Gasteiger partial charge >= 0.3 is 5.97 Å². The molecular formula is C13H13Br2NO3. The molecule has 1 saturated heterocycles. The number of halogens is 2. The zero-order valence-electron chi connectivity index (χ0n) is 10.1. The minimum atomic E-state index is -0.827. The van der Waals surface area contributed by atoms with Gasteiger partial charge in [0.05, 0.1) is 11.5 Å². The van der Waals surface area contributed by atoms with Crippen molar-refractivity contribution >= 4 is 43.7 Å². The fourth-order valence-corrected chi connectivity index (χ4v) is 3.41. The van der Waals surface area contributed by atoms with E-state index in [2.05, 4.69) is 31.9 Å². The smallest absolute Gasteiger partial charge is 0.308 e. The SMILES string of the molecule is O=C(O)[C@@H]1CCCN(C(=O)c2ccc(Br)cc2Br)C1. The van der Waals surface area contributed by atoms with E-state index in [-0.39, 0.29) is 12.5 Å². The van der Waals surface area contributed by atoms with Crippen LogP contribution in [0.3, 0.4) is 0 Å². The Balaban J connectivity index is 2.17. The summed E-state index contributed by atoms with van der Waals surface area (Å²) in [6.45, 7) is 0.905. The van der Waals surface area contributed by atoms with Crippen molar-refractivity contribution in [2.75, 3.05) is 13.1 Å². The molecule has 0 aliphatic carbocycles. The third kappa shape index (κ3) is 3.36. The summed E-state index contributed by atoms with van der Waals surface area (Å²) in [7, 11) is 0. The topological polar surface area (TPSA) is 57.6 Å². The molecule has 102 valence electrons. The zero-order chi connectivity index (χ0) is 14.0.